The Kier molecular flexibility index (Phi) is 6.78. The number of aliphatic carboxylic acids is 1. The van der Waals surface area contributed by atoms with E-state index in [9.17, 15) is 14.7 Å². The van der Waals surface area contributed by atoms with Crippen molar-refractivity contribution in [1.29, 1.82) is 0 Å². The van der Waals surface area contributed by atoms with Crippen LogP contribution in [0.25, 0.3) is 0 Å². The van der Waals surface area contributed by atoms with E-state index in [1.807, 2.05) is 26.0 Å². The van der Waals surface area contributed by atoms with Gasteiger partial charge < -0.3 is 15.3 Å². The van der Waals surface area contributed by atoms with Gasteiger partial charge in [0.1, 0.15) is 6.04 Å². The highest BCUT2D eigenvalue weighted by Crippen LogP contribution is 2.21. The molecule has 0 aromatic heterocycles. The Morgan fingerprint density at radius 3 is 2.28 bits per heavy atom. The SMILES string of the molecule is CC(C)C[C@H](NC1CCN(c2ccc(C(=O)NO)cc2)CC1)C(=O)O. The lowest BCUT2D eigenvalue weighted by atomic mass is 9.99. The average molecular weight is 349 g/mol. The predicted octanol–water partition coefficient (Wildman–Crippen LogP) is 1.86. The second-order valence-corrected chi connectivity index (χ2v) is 6.94. The van der Waals surface area contributed by atoms with Gasteiger partial charge in [0, 0.05) is 30.4 Å². The first kappa shape index (κ1) is 19.2. The maximum Gasteiger partial charge on any atom is 0.320 e. The number of benzene rings is 1. The highest BCUT2D eigenvalue weighted by Gasteiger charge is 2.25. The van der Waals surface area contributed by atoms with E-state index in [1.54, 1.807) is 17.6 Å². The number of rotatable bonds is 7. The summed E-state index contributed by atoms with van der Waals surface area (Å²) in [5, 5.41) is 21.3. The van der Waals surface area contributed by atoms with E-state index >= 15 is 0 Å². The minimum absolute atomic E-state index is 0.204. The van der Waals surface area contributed by atoms with E-state index in [4.69, 9.17) is 5.21 Å². The van der Waals surface area contributed by atoms with Crippen LogP contribution in [0.15, 0.2) is 24.3 Å². The Labute approximate surface area is 148 Å². The van der Waals surface area contributed by atoms with Crippen molar-refractivity contribution in [3.05, 3.63) is 29.8 Å². The summed E-state index contributed by atoms with van der Waals surface area (Å²) in [5.74, 6) is -0.975. The summed E-state index contributed by atoms with van der Waals surface area (Å²) in [6.45, 7) is 5.72. The van der Waals surface area contributed by atoms with Crippen LogP contribution in [0.1, 0.15) is 43.5 Å². The smallest absolute Gasteiger partial charge is 0.320 e. The molecule has 4 N–H and O–H groups in total. The summed E-state index contributed by atoms with van der Waals surface area (Å²) in [6.07, 6.45) is 2.38. The van der Waals surface area contributed by atoms with Gasteiger partial charge in [0.15, 0.2) is 0 Å². The molecule has 1 aromatic rings. The number of nitrogens with one attached hydrogen (secondary N) is 2. The molecule has 1 aliphatic heterocycles. The van der Waals surface area contributed by atoms with Crippen LogP contribution in [0.3, 0.4) is 0 Å². The molecule has 0 radical (unpaired) electrons. The number of anilines is 1. The van der Waals surface area contributed by atoms with Crippen LogP contribution in [0.4, 0.5) is 5.69 Å². The Morgan fingerprint density at radius 2 is 1.80 bits per heavy atom. The number of carboxylic acid groups (broad SMARTS) is 1. The molecule has 25 heavy (non-hydrogen) atoms. The molecule has 0 bridgehead atoms. The van der Waals surface area contributed by atoms with Gasteiger partial charge in [-0.05, 0) is 49.4 Å². The number of hydrogen-bond donors (Lipinski definition) is 4. The highest BCUT2D eigenvalue weighted by molar-refractivity contribution is 5.93. The zero-order valence-corrected chi connectivity index (χ0v) is 14.7. The summed E-state index contributed by atoms with van der Waals surface area (Å²) in [5.41, 5.74) is 3.04. The quantitative estimate of drug-likeness (QED) is 0.443. The van der Waals surface area contributed by atoms with Crippen molar-refractivity contribution >= 4 is 17.6 Å². The van der Waals surface area contributed by atoms with Crippen molar-refractivity contribution in [2.24, 2.45) is 5.92 Å². The number of amides is 1. The Morgan fingerprint density at radius 1 is 1.20 bits per heavy atom. The van der Waals surface area contributed by atoms with Gasteiger partial charge in [-0.15, -0.1) is 0 Å². The van der Waals surface area contributed by atoms with Gasteiger partial charge in [-0.25, -0.2) is 5.48 Å². The molecule has 1 heterocycles. The zero-order chi connectivity index (χ0) is 18.4. The van der Waals surface area contributed by atoms with Gasteiger partial charge in [0.05, 0.1) is 0 Å². The van der Waals surface area contributed by atoms with Crippen LogP contribution >= 0.6 is 0 Å². The summed E-state index contributed by atoms with van der Waals surface area (Å²) in [6, 6.07) is 6.78. The lowest BCUT2D eigenvalue weighted by Crippen LogP contribution is -2.49. The van der Waals surface area contributed by atoms with E-state index in [1.165, 1.54) is 0 Å². The molecule has 0 saturated carbocycles. The van der Waals surface area contributed by atoms with Gasteiger partial charge in [-0.3, -0.25) is 14.8 Å². The Balaban J connectivity index is 1.88. The van der Waals surface area contributed by atoms with Crippen LogP contribution in [-0.4, -0.2) is 47.4 Å². The minimum atomic E-state index is -0.783. The van der Waals surface area contributed by atoms with Gasteiger partial charge in [0.2, 0.25) is 0 Å². The average Bonchev–Trinajstić information content (AvgIpc) is 2.61. The molecular weight excluding hydrogens is 322 g/mol. The standard InChI is InChI=1S/C18H27N3O4/c1-12(2)11-16(18(23)24)19-14-7-9-21(10-8-14)15-5-3-13(4-6-15)17(22)20-25/h3-6,12,14,16,19,25H,7-11H2,1-2H3,(H,20,22)(H,23,24)/t16-/m0/s1. The Hall–Kier alpha value is -2.12. The summed E-state index contributed by atoms with van der Waals surface area (Å²) in [4.78, 5) is 24.9. The fourth-order valence-corrected chi connectivity index (χ4v) is 3.19. The van der Waals surface area contributed by atoms with Crippen molar-refractivity contribution in [3.8, 4) is 0 Å². The summed E-state index contributed by atoms with van der Waals surface area (Å²) in [7, 11) is 0. The van der Waals surface area contributed by atoms with Crippen LogP contribution in [0.2, 0.25) is 0 Å². The Bertz CT molecular complexity index is 580. The fraction of sp³-hybridized carbons (Fsp3) is 0.556. The molecule has 1 fully saturated rings. The first-order valence-corrected chi connectivity index (χ1v) is 8.69. The van der Waals surface area contributed by atoms with Crippen molar-refractivity contribution < 1.29 is 19.9 Å². The third-order valence-electron chi connectivity index (χ3n) is 4.53. The molecule has 7 nitrogen and oxygen atoms in total. The first-order chi connectivity index (χ1) is 11.9. The van der Waals surface area contributed by atoms with Gasteiger partial charge in [0.25, 0.3) is 5.91 Å². The lowest BCUT2D eigenvalue weighted by molar-refractivity contribution is -0.140. The monoisotopic (exact) mass is 349 g/mol. The number of hydrogen-bond acceptors (Lipinski definition) is 5. The second-order valence-electron chi connectivity index (χ2n) is 6.94. The van der Waals surface area contributed by atoms with Gasteiger partial charge in [-0.2, -0.15) is 0 Å². The van der Waals surface area contributed by atoms with Crippen molar-refractivity contribution in [2.75, 3.05) is 18.0 Å². The number of hydroxylamine groups is 1. The van der Waals surface area contributed by atoms with Gasteiger partial charge in [-0.1, -0.05) is 13.8 Å². The topological polar surface area (TPSA) is 102 Å². The summed E-state index contributed by atoms with van der Waals surface area (Å²) < 4.78 is 0. The molecule has 1 saturated heterocycles. The van der Waals surface area contributed by atoms with Crippen LogP contribution in [0.5, 0.6) is 0 Å². The highest BCUT2D eigenvalue weighted by atomic mass is 16.5. The van der Waals surface area contributed by atoms with Crippen LogP contribution in [-0.2, 0) is 4.79 Å². The molecule has 1 atom stereocenters. The van der Waals surface area contributed by atoms with E-state index in [0.29, 0.717) is 17.9 Å². The maximum absolute atomic E-state index is 11.4. The molecule has 1 aliphatic rings. The van der Waals surface area contributed by atoms with Crippen molar-refractivity contribution in [2.45, 2.75) is 45.2 Å². The molecule has 138 valence electrons. The lowest BCUT2D eigenvalue weighted by Gasteiger charge is -2.35. The van der Waals surface area contributed by atoms with Crippen molar-refractivity contribution in [3.63, 3.8) is 0 Å². The largest absolute Gasteiger partial charge is 0.480 e. The van der Waals surface area contributed by atoms with Crippen LogP contribution in [0, 0.1) is 5.92 Å². The van der Waals surface area contributed by atoms with E-state index in [2.05, 4.69) is 10.2 Å². The van der Waals surface area contributed by atoms with E-state index < -0.39 is 17.9 Å². The van der Waals surface area contributed by atoms with E-state index in [0.717, 1.165) is 31.6 Å². The molecule has 7 heteroatoms. The number of carbonyl (C=O) groups excluding carboxylic acids is 1. The number of nitrogens with zero attached hydrogens (tertiary/aromatic N) is 1. The molecule has 1 aromatic carbocycles. The normalized spacial score (nSPS) is 16.7. The molecular formula is C18H27N3O4. The zero-order valence-electron chi connectivity index (χ0n) is 14.7. The molecule has 2 rings (SSSR count). The first-order valence-electron chi connectivity index (χ1n) is 8.69. The van der Waals surface area contributed by atoms with E-state index in [-0.39, 0.29) is 6.04 Å². The molecule has 0 aliphatic carbocycles. The number of carbonyl (C=O) groups is 2. The maximum atomic E-state index is 11.4. The second kappa shape index (κ2) is 8.82. The third kappa shape index (κ3) is 5.44. The molecule has 0 unspecified atom stereocenters. The third-order valence-corrected chi connectivity index (χ3v) is 4.53. The minimum Gasteiger partial charge on any atom is -0.480 e. The van der Waals surface area contributed by atoms with Crippen LogP contribution < -0.4 is 15.7 Å². The molecule has 0 spiro atoms. The summed E-state index contributed by atoms with van der Waals surface area (Å²) >= 11 is 0. The number of carboxylic acids is 1. The fourth-order valence-electron chi connectivity index (χ4n) is 3.19. The van der Waals surface area contributed by atoms with Crippen molar-refractivity contribution in [1.82, 2.24) is 10.8 Å². The van der Waals surface area contributed by atoms with Gasteiger partial charge >= 0.3 is 5.97 Å². The predicted molar refractivity (Wildman–Crippen MR) is 94.9 cm³/mol. The number of piperidine rings is 1. The molecule has 1 amide bonds.